The van der Waals surface area contributed by atoms with Gasteiger partial charge in [0.1, 0.15) is 5.75 Å². The minimum Gasteiger partial charge on any atom is -0.494 e. The lowest BCUT2D eigenvalue weighted by Gasteiger charge is -2.38. The Morgan fingerprint density at radius 1 is 1.24 bits per heavy atom. The Balaban J connectivity index is 2.00. The Labute approximate surface area is 130 Å². The van der Waals surface area contributed by atoms with Crippen molar-refractivity contribution < 1.29 is 4.74 Å². The van der Waals surface area contributed by atoms with E-state index in [0.717, 1.165) is 36.7 Å². The van der Waals surface area contributed by atoms with Crippen LogP contribution in [-0.2, 0) is 6.54 Å². The van der Waals surface area contributed by atoms with Crippen molar-refractivity contribution in [3.05, 3.63) is 29.8 Å². The standard InChI is InChI=1S/C19H31NO/c1-5-21-19-9-7-6-8-16(19)13-20-18-12-15(4)10-11-17(18)14(2)3/h6-9,14-15,17-18,20H,5,10-13H2,1-4H3. The highest BCUT2D eigenvalue weighted by Gasteiger charge is 2.30. The fourth-order valence-electron chi connectivity index (χ4n) is 3.62. The average molecular weight is 289 g/mol. The largest absolute Gasteiger partial charge is 0.494 e. The summed E-state index contributed by atoms with van der Waals surface area (Å²) in [6, 6.07) is 9.04. The van der Waals surface area contributed by atoms with Gasteiger partial charge in [-0.2, -0.15) is 0 Å². The molecule has 1 aliphatic carbocycles. The maximum Gasteiger partial charge on any atom is 0.123 e. The summed E-state index contributed by atoms with van der Waals surface area (Å²) in [5, 5.41) is 3.82. The Morgan fingerprint density at radius 3 is 2.71 bits per heavy atom. The van der Waals surface area contributed by atoms with Crippen LogP contribution in [0.5, 0.6) is 5.75 Å². The van der Waals surface area contributed by atoms with Crippen LogP contribution in [0.3, 0.4) is 0 Å². The first kappa shape index (κ1) is 16.4. The van der Waals surface area contributed by atoms with Gasteiger partial charge in [0.05, 0.1) is 6.61 Å². The van der Waals surface area contributed by atoms with Gasteiger partial charge in [0, 0.05) is 18.2 Å². The summed E-state index contributed by atoms with van der Waals surface area (Å²) in [5.74, 6) is 3.44. The fraction of sp³-hybridized carbons (Fsp3) is 0.684. The van der Waals surface area contributed by atoms with Crippen LogP contribution in [-0.4, -0.2) is 12.6 Å². The zero-order valence-corrected chi connectivity index (χ0v) is 14.1. The van der Waals surface area contributed by atoms with Gasteiger partial charge in [0.2, 0.25) is 0 Å². The average Bonchev–Trinajstić information content (AvgIpc) is 2.46. The number of benzene rings is 1. The summed E-state index contributed by atoms with van der Waals surface area (Å²) >= 11 is 0. The fourth-order valence-corrected chi connectivity index (χ4v) is 3.62. The van der Waals surface area contributed by atoms with Crippen LogP contribution in [0, 0.1) is 17.8 Å². The second-order valence-corrected chi connectivity index (χ2v) is 6.85. The van der Waals surface area contributed by atoms with E-state index in [0.29, 0.717) is 6.04 Å². The highest BCUT2D eigenvalue weighted by molar-refractivity contribution is 5.33. The van der Waals surface area contributed by atoms with Crippen LogP contribution in [0.2, 0.25) is 0 Å². The molecule has 118 valence electrons. The van der Waals surface area contributed by atoms with E-state index >= 15 is 0 Å². The van der Waals surface area contributed by atoms with Gasteiger partial charge >= 0.3 is 0 Å². The predicted octanol–water partition coefficient (Wildman–Crippen LogP) is 4.64. The molecule has 3 atom stereocenters. The molecule has 2 heteroatoms. The molecule has 0 aromatic heterocycles. The number of rotatable bonds is 6. The molecule has 0 bridgehead atoms. The van der Waals surface area contributed by atoms with E-state index in [1.165, 1.54) is 24.8 Å². The highest BCUT2D eigenvalue weighted by Crippen LogP contribution is 2.33. The molecule has 1 aromatic carbocycles. The Hall–Kier alpha value is -1.02. The number of para-hydroxylation sites is 1. The van der Waals surface area contributed by atoms with E-state index in [1.807, 2.05) is 13.0 Å². The Morgan fingerprint density at radius 2 is 2.00 bits per heavy atom. The first-order chi connectivity index (χ1) is 10.1. The van der Waals surface area contributed by atoms with E-state index in [9.17, 15) is 0 Å². The smallest absolute Gasteiger partial charge is 0.123 e. The lowest BCUT2D eigenvalue weighted by molar-refractivity contribution is 0.168. The maximum absolute atomic E-state index is 5.73. The zero-order chi connectivity index (χ0) is 15.2. The molecule has 1 saturated carbocycles. The van der Waals surface area contributed by atoms with E-state index in [2.05, 4.69) is 44.3 Å². The number of nitrogens with one attached hydrogen (secondary N) is 1. The molecular formula is C19H31NO. The van der Waals surface area contributed by atoms with Gasteiger partial charge in [-0.15, -0.1) is 0 Å². The topological polar surface area (TPSA) is 21.3 Å². The van der Waals surface area contributed by atoms with Gasteiger partial charge in [-0.1, -0.05) is 45.4 Å². The summed E-state index contributed by atoms with van der Waals surface area (Å²) in [5.41, 5.74) is 1.28. The lowest BCUT2D eigenvalue weighted by Crippen LogP contribution is -2.42. The van der Waals surface area contributed by atoms with Crippen molar-refractivity contribution in [2.45, 2.75) is 59.5 Å². The van der Waals surface area contributed by atoms with Crippen molar-refractivity contribution >= 4 is 0 Å². The molecule has 0 amide bonds. The van der Waals surface area contributed by atoms with Gasteiger partial charge in [-0.05, 0) is 43.6 Å². The van der Waals surface area contributed by atoms with Crippen LogP contribution < -0.4 is 10.1 Å². The first-order valence-corrected chi connectivity index (χ1v) is 8.55. The van der Waals surface area contributed by atoms with Crippen molar-refractivity contribution in [2.24, 2.45) is 17.8 Å². The van der Waals surface area contributed by atoms with Crippen LogP contribution in [0.15, 0.2) is 24.3 Å². The molecule has 1 N–H and O–H groups in total. The minimum absolute atomic E-state index is 0.642. The molecule has 2 nitrogen and oxygen atoms in total. The molecule has 0 heterocycles. The minimum atomic E-state index is 0.642. The number of hydrogen-bond donors (Lipinski definition) is 1. The van der Waals surface area contributed by atoms with E-state index < -0.39 is 0 Å². The van der Waals surface area contributed by atoms with Crippen LogP contribution in [0.4, 0.5) is 0 Å². The number of hydrogen-bond acceptors (Lipinski definition) is 2. The molecule has 0 radical (unpaired) electrons. The van der Waals surface area contributed by atoms with Crippen molar-refractivity contribution in [1.29, 1.82) is 0 Å². The number of ether oxygens (including phenoxy) is 1. The van der Waals surface area contributed by atoms with Crippen LogP contribution in [0.25, 0.3) is 0 Å². The normalized spacial score (nSPS) is 26.0. The predicted molar refractivity (Wildman–Crippen MR) is 89.6 cm³/mol. The second kappa shape index (κ2) is 7.84. The van der Waals surface area contributed by atoms with Gasteiger partial charge in [-0.3, -0.25) is 0 Å². The van der Waals surface area contributed by atoms with Crippen molar-refractivity contribution in [1.82, 2.24) is 5.32 Å². The van der Waals surface area contributed by atoms with E-state index in [4.69, 9.17) is 4.74 Å². The molecule has 0 spiro atoms. The SMILES string of the molecule is CCOc1ccccc1CNC1CC(C)CCC1C(C)C. The molecule has 1 aliphatic rings. The third kappa shape index (κ3) is 4.47. The zero-order valence-electron chi connectivity index (χ0n) is 14.1. The molecule has 1 aromatic rings. The summed E-state index contributed by atoms with van der Waals surface area (Å²) < 4.78 is 5.73. The van der Waals surface area contributed by atoms with Gasteiger partial charge in [-0.25, -0.2) is 0 Å². The molecule has 0 saturated heterocycles. The van der Waals surface area contributed by atoms with Crippen molar-refractivity contribution in [2.75, 3.05) is 6.61 Å². The first-order valence-electron chi connectivity index (χ1n) is 8.55. The molecule has 3 unspecified atom stereocenters. The summed E-state index contributed by atoms with van der Waals surface area (Å²) in [6.07, 6.45) is 4.06. The molecule has 2 rings (SSSR count). The Kier molecular flexibility index (Phi) is 6.10. The quantitative estimate of drug-likeness (QED) is 0.824. The van der Waals surface area contributed by atoms with Crippen molar-refractivity contribution in [3.8, 4) is 5.75 Å². The summed E-state index contributed by atoms with van der Waals surface area (Å²) in [6.45, 7) is 10.8. The lowest BCUT2D eigenvalue weighted by atomic mass is 9.74. The van der Waals surface area contributed by atoms with Gasteiger partial charge in [0.25, 0.3) is 0 Å². The second-order valence-electron chi connectivity index (χ2n) is 6.85. The summed E-state index contributed by atoms with van der Waals surface area (Å²) in [4.78, 5) is 0. The van der Waals surface area contributed by atoms with E-state index in [-0.39, 0.29) is 0 Å². The maximum atomic E-state index is 5.73. The molecule has 1 fully saturated rings. The third-order valence-electron chi connectivity index (χ3n) is 4.85. The molecule has 21 heavy (non-hydrogen) atoms. The molecular weight excluding hydrogens is 258 g/mol. The van der Waals surface area contributed by atoms with E-state index in [1.54, 1.807) is 0 Å². The van der Waals surface area contributed by atoms with Crippen LogP contribution in [0.1, 0.15) is 52.5 Å². The third-order valence-corrected chi connectivity index (χ3v) is 4.85. The Bertz CT molecular complexity index is 429. The van der Waals surface area contributed by atoms with Gasteiger partial charge < -0.3 is 10.1 Å². The summed E-state index contributed by atoms with van der Waals surface area (Å²) in [7, 11) is 0. The van der Waals surface area contributed by atoms with Crippen molar-refractivity contribution in [3.63, 3.8) is 0 Å². The highest BCUT2D eigenvalue weighted by atomic mass is 16.5. The monoisotopic (exact) mass is 289 g/mol. The van der Waals surface area contributed by atoms with Crippen LogP contribution >= 0.6 is 0 Å². The molecule has 0 aliphatic heterocycles. The van der Waals surface area contributed by atoms with Gasteiger partial charge in [0.15, 0.2) is 0 Å².